The van der Waals surface area contributed by atoms with Crippen molar-refractivity contribution in [1.82, 2.24) is 4.98 Å². The first-order chi connectivity index (χ1) is 12.8. The van der Waals surface area contributed by atoms with E-state index in [0.717, 1.165) is 58.8 Å². The van der Waals surface area contributed by atoms with Crippen molar-refractivity contribution in [1.29, 1.82) is 0 Å². The first kappa shape index (κ1) is 15.6. The predicted molar refractivity (Wildman–Crippen MR) is 108 cm³/mol. The van der Waals surface area contributed by atoms with E-state index in [0.29, 0.717) is 5.75 Å². The second kappa shape index (κ2) is 6.29. The van der Waals surface area contributed by atoms with Crippen molar-refractivity contribution < 1.29 is 5.11 Å². The van der Waals surface area contributed by atoms with Crippen molar-refractivity contribution in [2.24, 2.45) is 5.10 Å². The number of phenols is 1. The molecule has 1 aromatic heterocycles. The molecule has 2 aliphatic rings. The highest BCUT2D eigenvalue weighted by Crippen LogP contribution is 2.41. The minimum Gasteiger partial charge on any atom is -0.507 e. The zero-order valence-electron chi connectivity index (χ0n) is 14.4. The van der Waals surface area contributed by atoms with Crippen molar-refractivity contribution in [3.8, 4) is 5.75 Å². The largest absolute Gasteiger partial charge is 0.507 e. The lowest BCUT2D eigenvalue weighted by atomic mass is 9.89. The van der Waals surface area contributed by atoms with Crippen molar-refractivity contribution in [3.63, 3.8) is 0 Å². The molecule has 0 bridgehead atoms. The second-order valence-corrected chi connectivity index (χ2v) is 7.88. The number of rotatable bonds is 3. The van der Waals surface area contributed by atoms with Crippen LogP contribution in [0.4, 0.5) is 10.8 Å². The summed E-state index contributed by atoms with van der Waals surface area (Å²) in [5, 5.41) is 15.8. The van der Waals surface area contributed by atoms with E-state index in [1.54, 1.807) is 17.6 Å². The fourth-order valence-electron chi connectivity index (χ4n) is 4.04. The number of aromatic nitrogens is 1. The van der Waals surface area contributed by atoms with Crippen molar-refractivity contribution in [2.75, 3.05) is 23.4 Å². The SMILES string of the molecule is Oc1c(/C=N\Nc2nc3ccccc3s2)cc2c3c1CCCN3CCC2. The van der Waals surface area contributed by atoms with Crippen LogP contribution in [0, 0.1) is 0 Å². The average molecular weight is 364 g/mol. The predicted octanol–water partition coefficient (Wildman–Crippen LogP) is 4.15. The van der Waals surface area contributed by atoms with Crippen LogP contribution < -0.4 is 10.3 Å². The maximum Gasteiger partial charge on any atom is 0.204 e. The van der Waals surface area contributed by atoms with Gasteiger partial charge in [0, 0.05) is 29.9 Å². The van der Waals surface area contributed by atoms with Crippen LogP contribution in [-0.2, 0) is 12.8 Å². The van der Waals surface area contributed by atoms with Crippen LogP contribution >= 0.6 is 11.3 Å². The molecule has 0 aliphatic carbocycles. The minimum atomic E-state index is 0.380. The van der Waals surface area contributed by atoms with Gasteiger partial charge < -0.3 is 10.0 Å². The van der Waals surface area contributed by atoms with Crippen molar-refractivity contribution in [3.05, 3.63) is 47.0 Å². The molecule has 26 heavy (non-hydrogen) atoms. The fourth-order valence-corrected chi connectivity index (χ4v) is 4.86. The third kappa shape index (κ3) is 2.61. The lowest BCUT2D eigenvalue weighted by Gasteiger charge is -2.37. The molecule has 3 heterocycles. The molecule has 0 amide bonds. The molecule has 5 nitrogen and oxygen atoms in total. The summed E-state index contributed by atoms with van der Waals surface area (Å²) < 4.78 is 1.13. The molecule has 5 rings (SSSR count). The summed E-state index contributed by atoms with van der Waals surface area (Å²) in [6.07, 6.45) is 6.01. The lowest BCUT2D eigenvalue weighted by molar-refractivity contribution is 0.461. The number of fused-ring (bicyclic) bond motifs is 1. The quantitative estimate of drug-likeness (QED) is 0.541. The highest BCUT2D eigenvalue weighted by atomic mass is 32.1. The number of hydrogen-bond donors (Lipinski definition) is 2. The number of anilines is 2. The molecule has 2 aliphatic heterocycles. The zero-order valence-corrected chi connectivity index (χ0v) is 15.2. The van der Waals surface area contributed by atoms with Crippen molar-refractivity contribution >= 4 is 38.6 Å². The molecule has 0 unspecified atom stereocenters. The van der Waals surface area contributed by atoms with Crippen LogP contribution in [0.5, 0.6) is 5.75 Å². The van der Waals surface area contributed by atoms with Gasteiger partial charge in [0.2, 0.25) is 5.13 Å². The number of nitrogens with one attached hydrogen (secondary N) is 1. The highest BCUT2D eigenvalue weighted by molar-refractivity contribution is 7.22. The Morgan fingerprint density at radius 3 is 2.92 bits per heavy atom. The first-order valence-corrected chi connectivity index (χ1v) is 9.88. The summed E-state index contributed by atoms with van der Waals surface area (Å²) in [6, 6.07) is 10.1. The van der Waals surface area contributed by atoms with Gasteiger partial charge in [-0.1, -0.05) is 23.5 Å². The Bertz CT molecular complexity index is 975. The molecule has 0 fully saturated rings. The van der Waals surface area contributed by atoms with Crippen LogP contribution in [0.2, 0.25) is 0 Å². The molecule has 0 saturated carbocycles. The highest BCUT2D eigenvalue weighted by Gasteiger charge is 2.27. The molecule has 0 spiro atoms. The Kier molecular flexibility index (Phi) is 3.78. The van der Waals surface area contributed by atoms with Gasteiger partial charge in [0.25, 0.3) is 0 Å². The third-order valence-electron chi connectivity index (χ3n) is 5.18. The summed E-state index contributed by atoms with van der Waals surface area (Å²) >= 11 is 1.57. The maximum absolute atomic E-state index is 10.7. The molecule has 0 atom stereocenters. The molecule has 132 valence electrons. The van der Waals surface area contributed by atoms with Gasteiger partial charge in [0.15, 0.2) is 0 Å². The Hall–Kier alpha value is -2.60. The molecule has 6 heteroatoms. The molecule has 3 aromatic rings. The Labute approximate surface area is 156 Å². The van der Waals surface area contributed by atoms with E-state index in [4.69, 9.17) is 0 Å². The van der Waals surface area contributed by atoms with Gasteiger partial charge in [0.1, 0.15) is 5.75 Å². The van der Waals surface area contributed by atoms with E-state index in [1.807, 2.05) is 24.3 Å². The molecule has 2 N–H and O–H groups in total. The van der Waals surface area contributed by atoms with Crippen molar-refractivity contribution in [2.45, 2.75) is 25.7 Å². The van der Waals surface area contributed by atoms with E-state index in [1.165, 1.54) is 17.7 Å². The Morgan fingerprint density at radius 1 is 1.19 bits per heavy atom. The summed E-state index contributed by atoms with van der Waals surface area (Å²) in [4.78, 5) is 6.94. The smallest absolute Gasteiger partial charge is 0.204 e. The number of benzene rings is 2. The summed E-state index contributed by atoms with van der Waals surface area (Å²) in [6.45, 7) is 2.21. The fraction of sp³-hybridized carbons (Fsp3) is 0.300. The molecular formula is C20H20N4OS. The third-order valence-corrected chi connectivity index (χ3v) is 6.12. The lowest BCUT2D eigenvalue weighted by Crippen LogP contribution is -2.34. The standard InChI is InChI=1S/C20H20N4OS/c25-19-14(11-13-5-3-9-24-10-4-6-15(19)18(13)24)12-21-23-20-22-16-7-1-2-8-17(16)26-20/h1-2,7-8,11-12,25H,3-6,9-10H2,(H,22,23)/b21-12-. The normalized spacial score (nSPS) is 16.2. The van der Waals surface area contributed by atoms with Crippen LogP contribution in [0.25, 0.3) is 10.2 Å². The molecule has 2 aromatic carbocycles. The van der Waals surface area contributed by atoms with Gasteiger partial charge in [0.05, 0.1) is 16.4 Å². The van der Waals surface area contributed by atoms with Crippen LogP contribution in [-0.4, -0.2) is 29.4 Å². The summed E-state index contributed by atoms with van der Waals surface area (Å²) in [5.74, 6) is 0.380. The van der Waals surface area contributed by atoms with E-state index in [-0.39, 0.29) is 0 Å². The number of hydrogen-bond acceptors (Lipinski definition) is 6. The zero-order chi connectivity index (χ0) is 17.5. The molecular weight excluding hydrogens is 344 g/mol. The number of para-hydroxylation sites is 1. The molecule has 0 saturated heterocycles. The summed E-state index contributed by atoms with van der Waals surface area (Å²) in [5.41, 5.74) is 8.47. The topological polar surface area (TPSA) is 60.8 Å². The van der Waals surface area contributed by atoms with E-state index in [9.17, 15) is 5.11 Å². The minimum absolute atomic E-state index is 0.380. The van der Waals surface area contributed by atoms with Gasteiger partial charge >= 0.3 is 0 Å². The monoisotopic (exact) mass is 364 g/mol. The van der Waals surface area contributed by atoms with E-state index >= 15 is 0 Å². The van der Waals surface area contributed by atoms with Gasteiger partial charge in [-0.2, -0.15) is 5.10 Å². The van der Waals surface area contributed by atoms with Crippen LogP contribution in [0.3, 0.4) is 0 Å². The van der Waals surface area contributed by atoms with E-state index < -0.39 is 0 Å². The van der Waals surface area contributed by atoms with Crippen LogP contribution in [0.1, 0.15) is 29.5 Å². The number of nitrogens with zero attached hydrogens (tertiary/aromatic N) is 3. The second-order valence-electron chi connectivity index (χ2n) is 6.85. The molecule has 0 radical (unpaired) electrons. The number of aryl methyl sites for hydroxylation is 1. The van der Waals surface area contributed by atoms with Gasteiger partial charge in [-0.15, -0.1) is 0 Å². The number of thiazole rings is 1. The van der Waals surface area contributed by atoms with Gasteiger partial charge in [-0.05, 0) is 49.4 Å². The van der Waals surface area contributed by atoms with Gasteiger partial charge in [-0.3, -0.25) is 5.43 Å². The number of hydrazone groups is 1. The average Bonchev–Trinajstić information content (AvgIpc) is 3.08. The maximum atomic E-state index is 10.7. The van der Waals surface area contributed by atoms with E-state index in [2.05, 4.69) is 26.5 Å². The van der Waals surface area contributed by atoms with Crippen LogP contribution in [0.15, 0.2) is 35.4 Å². The van der Waals surface area contributed by atoms with Gasteiger partial charge in [-0.25, -0.2) is 4.98 Å². The number of phenolic OH excluding ortho intramolecular Hbond substituents is 1. The summed E-state index contributed by atoms with van der Waals surface area (Å²) in [7, 11) is 0. The number of aromatic hydroxyl groups is 1. The Morgan fingerprint density at radius 2 is 2.04 bits per heavy atom. The Balaban J connectivity index is 1.44. The first-order valence-electron chi connectivity index (χ1n) is 9.07.